The summed E-state index contributed by atoms with van der Waals surface area (Å²) in [4.78, 5) is 11.6. The SMILES string of the molecule is CC(C)OC(=O)CCC/C=C\C[C@@H]1[C@@H](CC[C@H](CCc2ccccc2)OC(C)(C)C)[C@H](O)C[C@@H]1O. The molecule has 2 N–H and O–H groups in total. The van der Waals surface area contributed by atoms with Crippen LogP contribution in [0.1, 0.15) is 91.5 Å². The number of allylic oxidation sites excluding steroid dienone is 2. The van der Waals surface area contributed by atoms with Gasteiger partial charge in [0, 0.05) is 6.42 Å². The maximum atomic E-state index is 11.6. The van der Waals surface area contributed by atoms with Gasteiger partial charge in [0.25, 0.3) is 0 Å². The molecule has 0 spiro atoms. The molecule has 1 aliphatic carbocycles. The van der Waals surface area contributed by atoms with Crippen molar-refractivity contribution in [1.29, 1.82) is 0 Å². The van der Waals surface area contributed by atoms with Gasteiger partial charge in [0.15, 0.2) is 0 Å². The molecule has 0 bridgehead atoms. The van der Waals surface area contributed by atoms with Crippen molar-refractivity contribution in [3.05, 3.63) is 48.0 Å². The number of benzene rings is 1. The summed E-state index contributed by atoms with van der Waals surface area (Å²) in [6.07, 6.45) is 10.1. The monoisotopic (exact) mass is 488 g/mol. The van der Waals surface area contributed by atoms with Crippen molar-refractivity contribution in [3.63, 3.8) is 0 Å². The molecule has 1 aromatic carbocycles. The predicted octanol–water partition coefficient (Wildman–Crippen LogP) is 6.01. The van der Waals surface area contributed by atoms with Gasteiger partial charge in [-0.2, -0.15) is 0 Å². The van der Waals surface area contributed by atoms with Crippen molar-refractivity contribution in [3.8, 4) is 0 Å². The second kappa shape index (κ2) is 14.8. The van der Waals surface area contributed by atoms with Gasteiger partial charge in [-0.3, -0.25) is 4.79 Å². The van der Waals surface area contributed by atoms with Crippen LogP contribution in [0.25, 0.3) is 0 Å². The van der Waals surface area contributed by atoms with Crippen molar-refractivity contribution >= 4 is 5.97 Å². The molecule has 5 heteroatoms. The number of rotatable bonds is 14. The first-order valence-electron chi connectivity index (χ1n) is 13.5. The molecule has 1 aliphatic rings. The van der Waals surface area contributed by atoms with E-state index in [-0.39, 0.29) is 35.6 Å². The van der Waals surface area contributed by atoms with Gasteiger partial charge in [0.05, 0.1) is 30.0 Å². The maximum Gasteiger partial charge on any atom is 0.306 e. The first-order chi connectivity index (χ1) is 16.5. The smallest absolute Gasteiger partial charge is 0.306 e. The lowest BCUT2D eigenvalue weighted by Gasteiger charge is -2.30. The molecular weight excluding hydrogens is 440 g/mol. The van der Waals surface area contributed by atoms with Gasteiger partial charge in [-0.1, -0.05) is 42.5 Å². The van der Waals surface area contributed by atoms with Crippen molar-refractivity contribution in [2.24, 2.45) is 11.8 Å². The Morgan fingerprint density at radius 2 is 1.74 bits per heavy atom. The Hall–Kier alpha value is -1.69. The molecule has 5 atom stereocenters. The summed E-state index contributed by atoms with van der Waals surface area (Å²) in [5.74, 6) is -0.0304. The van der Waals surface area contributed by atoms with E-state index in [1.807, 2.05) is 19.9 Å². The van der Waals surface area contributed by atoms with Gasteiger partial charge in [0.1, 0.15) is 0 Å². The zero-order valence-corrected chi connectivity index (χ0v) is 22.5. The summed E-state index contributed by atoms with van der Waals surface area (Å²) in [7, 11) is 0. The third-order valence-corrected chi connectivity index (χ3v) is 6.66. The average Bonchev–Trinajstić information content (AvgIpc) is 3.04. The van der Waals surface area contributed by atoms with Gasteiger partial charge in [-0.05, 0) is 103 Å². The Kier molecular flexibility index (Phi) is 12.5. The molecule has 35 heavy (non-hydrogen) atoms. The lowest BCUT2D eigenvalue weighted by molar-refractivity contribution is -0.147. The van der Waals surface area contributed by atoms with E-state index < -0.39 is 12.2 Å². The van der Waals surface area contributed by atoms with E-state index in [0.29, 0.717) is 12.8 Å². The van der Waals surface area contributed by atoms with Gasteiger partial charge in [-0.25, -0.2) is 0 Å². The summed E-state index contributed by atoms with van der Waals surface area (Å²) in [6, 6.07) is 10.5. The lowest BCUT2D eigenvalue weighted by Crippen LogP contribution is -2.30. The highest BCUT2D eigenvalue weighted by molar-refractivity contribution is 5.69. The van der Waals surface area contributed by atoms with Crippen LogP contribution in [0.3, 0.4) is 0 Å². The van der Waals surface area contributed by atoms with Gasteiger partial charge < -0.3 is 19.7 Å². The largest absolute Gasteiger partial charge is 0.463 e. The van der Waals surface area contributed by atoms with Crippen LogP contribution in [0.4, 0.5) is 0 Å². The van der Waals surface area contributed by atoms with E-state index in [9.17, 15) is 15.0 Å². The summed E-state index contributed by atoms with van der Waals surface area (Å²) < 4.78 is 11.6. The van der Waals surface area contributed by atoms with Crippen LogP contribution in [0, 0.1) is 11.8 Å². The van der Waals surface area contributed by atoms with Gasteiger partial charge in [-0.15, -0.1) is 0 Å². The highest BCUT2D eigenvalue weighted by Gasteiger charge is 2.40. The van der Waals surface area contributed by atoms with Crippen LogP contribution < -0.4 is 0 Å². The Morgan fingerprint density at radius 1 is 1.06 bits per heavy atom. The molecule has 1 aromatic rings. The molecule has 0 amide bonds. The van der Waals surface area contributed by atoms with Crippen LogP contribution in [-0.2, 0) is 20.7 Å². The zero-order valence-electron chi connectivity index (χ0n) is 22.5. The molecule has 5 nitrogen and oxygen atoms in total. The molecule has 0 heterocycles. The van der Waals surface area contributed by atoms with Gasteiger partial charge >= 0.3 is 5.97 Å². The minimum atomic E-state index is -0.480. The number of aliphatic hydroxyl groups is 2. The van der Waals surface area contributed by atoms with Crippen molar-refractivity contribution in [2.75, 3.05) is 0 Å². The standard InChI is InChI=1S/C30H48O5/c1-22(2)34-29(33)16-12-7-6-11-15-25-26(28(32)21-27(25)31)20-19-24(35-30(3,4)5)18-17-23-13-9-8-10-14-23/h6,8-11,13-14,22,24-28,31-32H,7,12,15-21H2,1-5H3/b11-6-/t24-,25+,26+,27-,28+/m0/s1. The Labute approximate surface area is 212 Å². The number of carbonyl (C=O) groups is 1. The molecule has 1 saturated carbocycles. The summed E-state index contributed by atoms with van der Waals surface area (Å²) in [5, 5.41) is 21.3. The molecule has 0 aromatic heterocycles. The van der Waals surface area contributed by atoms with E-state index in [4.69, 9.17) is 9.47 Å². The predicted molar refractivity (Wildman–Crippen MR) is 141 cm³/mol. The fourth-order valence-corrected chi connectivity index (χ4v) is 5.08. The van der Waals surface area contributed by atoms with Crippen molar-refractivity contribution in [1.82, 2.24) is 0 Å². The Morgan fingerprint density at radius 3 is 2.40 bits per heavy atom. The summed E-state index contributed by atoms with van der Waals surface area (Å²) in [5.41, 5.74) is 1.09. The van der Waals surface area contributed by atoms with Gasteiger partial charge in [0.2, 0.25) is 0 Å². The lowest BCUT2D eigenvalue weighted by atomic mass is 9.85. The van der Waals surface area contributed by atoms with Crippen LogP contribution in [0.15, 0.2) is 42.5 Å². The quantitative estimate of drug-likeness (QED) is 0.191. The maximum absolute atomic E-state index is 11.6. The van der Waals surface area contributed by atoms with E-state index in [0.717, 1.165) is 44.9 Å². The minimum Gasteiger partial charge on any atom is -0.463 e. The van der Waals surface area contributed by atoms with Crippen LogP contribution >= 0.6 is 0 Å². The topological polar surface area (TPSA) is 76.0 Å². The molecule has 0 unspecified atom stereocenters. The first kappa shape index (κ1) is 29.5. The van der Waals surface area contributed by atoms with Crippen LogP contribution in [0.2, 0.25) is 0 Å². The number of hydrogen-bond acceptors (Lipinski definition) is 5. The van der Waals surface area contributed by atoms with E-state index in [1.165, 1.54) is 5.56 Å². The molecule has 0 aliphatic heterocycles. The average molecular weight is 489 g/mol. The molecule has 0 saturated heterocycles. The number of ether oxygens (including phenoxy) is 2. The molecule has 2 rings (SSSR count). The second-order valence-corrected chi connectivity index (χ2v) is 11.3. The third kappa shape index (κ3) is 11.7. The molecular formula is C30H48O5. The summed E-state index contributed by atoms with van der Waals surface area (Å²) >= 11 is 0. The van der Waals surface area contributed by atoms with Crippen molar-refractivity contribution in [2.45, 2.75) is 122 Å². The number of carbonyl (C=O) groups excluding carboxylic acids is 1. The highest BCUT2D eigenvalue weighted by atomic mass is 16.5. The van der Waals surface area contributed by atoms with E-state index >= 15 is 0 Å². The van der Waals surface area contributed by atoms with E-state index in [2.05, 4.69) is 57.2 Å². The van der Waals surface area contributed by atoms with Crippen LogP contribution in [0.5, 0.6) is 0 Å². The van der Waals surface area contributed by atoms with Crippen LogP contribution in [-0.4, -0.2) is 46.2 Å². The summed E-state index contributed by atoms with van der Waals surface area (Å²) in [6.45, 7) is 9.99. The number of esters is 1. The number of unbranched alkanes of at least 4 members (excludes halogenated alkanes) is 1. The highest BCUT2D eigenvalue weighted by Crippen LogP contribution is 2.39. The zero-order chi connectivity index (χ0) is 25.8. The molecule has 198 valence electrons. The Balaban J connectivity index is 1.85. The molecule has 1 fully saturated rings. The normalized spacial score (nSPS) is 23.8. The number of hydrogen-bond donors (Lipinski definition) is 2. The number of aryl methyl sites for hydroxylation is 1. The Bertz CT molecular complexity index is 752. The third-order valence-electron chi connectivity index (χ3n) is 6.66. The fraction of sp³-hybridized carbons (Fsp3) is 0.700. The first-order valence-corrected chi connectivity index (χ1v) is 13.5. The molecule has 0 radical (unpaired) electrons. The minimum absolute atomic E-state index is 0.0524. The number of aliphatic hydroxyl groups excluding tert-OH is 2. The van der Waals surface area contributed by atoms with Crippen molar-refractivity contribution < 1.29 is 24.5 Å². The van der Waals surface area contributed by atoms with E-state index in [1.54, 1.807) is 0 Å². The fourth-order valence-electron chi connectivity index (χ4n) is 5.08. The second-order valence-electron chi connectivity index (χ2n) is 11.3.